The highest BCUT2D eigenvalue weighted by Crippen LogP contribution is 2.25. The van der Waals surface area contributed by atoms with Crippen molar-refractivity contribution in [3.63, 3.8) is 0 Å². The molecule has 1 saturated heterocycles. The molecule has 0 aromatic heterocycles. The SMILES string of the molecule is COC(=O)Cc1ccccc1CN1CCC(C(C)C)C1. The fraction of sp³-hybridized carbons (Fsp3) is 0.588. The maximum absolute atomic E-state index is 11.5. The van der Waals surface area contributed by atoms with Gasteiger partial charge in [-0.3, -0.25) is 9.69 Å². The maximum atomic E-state index is 11.5. The molecule has 0 N–H and O–H groups in total. The smallest absolute Gasteiger partial charge is 0.309 e. The highest BCUT2D eigenvalue weighted by atomic mass is 16.5. The van der Waals surface area contributed by atoms with Crippen LogP contribution in [0.3, 0.4) is 0 Å². The van der Waals surface area contributed by atoms with Gasteiger partial charge in [0.05, 0.1) is 13.5 Å². The molecule has 0 aliphatic carbocycles. The van der Waals surface area contributed by atoms with E-state index in [1.165, 1.54) is 25.6 Å². The highest BCUT2D eigenvalue weighted by Gasteiger charge is 2.25. The normalized spacial score (nSPS) is 19.5. The first-order chi connectivity index (χ1) is 9.60. The Kier molecular flexibility index (Phi) is 5.18. The first-order valence-electron chi connectivity index (χ1n) is 7.46. The molecule has 1 atom stereocenters. The molecule has 1 aromatic carbocycles. The number of carbonyl (C=O) groups is 1. The third kappa shape index (κ3) is 3.83. The van der Waals surface area contributed by atoms with Gasteiger partial charge in [-0.15, -0.1) is 0 Å². The Morgan fingerprint density at radius 1 is 1.35 bits per heavy atom. The molecule has 0 spiro atoms. The minimum absolute atomic E-state index is 0.168. The predicted molar refractivity (Wildman–Crippen MR) is 80.4 cm³/mol. The van der Waals surface area contributed by atoms with E-state index in [1.54, 1.807) is 0 Å². The number of benzene rings is 1. The third-order valence-electron chi connectivity index (χ3n) is 4.33. The first kappa shape index (κ1) is 15.0. The summed E-state index contributed by atoms with van der Waals surface area (Å²) in [6.45, 7) is 7.88. The number of hydrogen-bond acceptors (Lipinski definition) is 3. The Bertz CT molecular complexity index is 456. The number of methoxy groups -OCH3 is 1. The molecule has 1 heterocycles. The van der Waals surface area contributed by atoms with Crippen molar-refractivity contribution >= 4 is 5.97 Å². The van der Waals surface area contributed by atoms with E-state index < -0.39 is 0 Å². The number of rotatable bonds is 5. The summed E-state index contributed by atoms with van der Waals surface area (Å²) >= 11 is 0. The Balaban J connectivity index is 2.01. The summed E-state index contributed by atoms with van der Waals surface area (Å²) in [5.41, 5.74) is 2.34. The summed E-state index contributed by atoms with van der Waals surface area (Å²) in [4.78, 5) is 14.0. The lowest BCUT2D eigenvalue weighted by molar-refractivity contribution is -0.139. The number of ether oxygens (including phenoxy) is 1. The van der Waals surface area contributed by atoms with Crippen LogP contribution >= 0.6 is 0 Å². The van der Waals surface area contributed by atoms with Gasteiger partial charge in [-0.2, -0.15) is 0 Å². The molecule has 1 aliphatic rings. The van der Waals surface area contributed by atoms with Gasteiger partial charge in [0.25, 0.3) is 0 Å². The monoisotopic (exact) mass is 275 g/mol. The molecule has 110 valence electrons. The van der Waals surface area contributed by atoms with Crippen molar-refractivity contribution in [3.05, 3.63) is 35.4 Å². The summed E-state index contributed by atoms with van der Waals surface area (Å²) in [6, 6.07) is 8.19. The zero-order chi connectivity index (χ0) is 14.5. The van der Waals surface area contributed by atoms with Gasteiger partial charge in [-0.05, 0) is 35.9 Å². The second kappa shape index (κ2) is 6.89. The van der Waals surface area contributed by atoms with Crippen LogP contribution in [0.2, 0.25) is 0 Å². The first-order valence-corrected chi connectivity index (χ1v) is 7.46. The minimum Gasteiger partial charge on any atom is -0.469 e. The molecule has 2 rings (SSSR count). The van der Waals surface area contributed by atoms with E-state index in [1.807, 2.05) is 18.2 Å². The van der Waals surface area contributed by atoms with E-state index in [-0.39, 0.29) is 5.97 Å². The molecule has 3 heteroatoms. The van der Waals surface area contributed by atoms with Crippen LogP contribution in [0, 0.1) is 11.8 Å². The van der Waals surface area contributed by atoms with Gasteiger partial charge in [-0.25, -0.2) is 0 Å². The van der Waals surface area contributed by atoms with Gasteiger partial charge in [0.2, 0.25) is 0 Å². The molecule has 1 aliphatic heterocycles. The van der Waals surface area contributed by atoms with Gasteiger partial charge in [0.1, 0.15) is 0 Å². The van der Waals surface area contributed by atoms with E-state index in [0.29, 0.717) is 6.42 Å². The topological polar surface area (TPSA) is 29.5 Å². The molecule has 0 bridgehead atoms. The van der Waals surface area contributed by atoms with Crippen molar-refractivity contribution in [1.29, 1.82) is 0 Å². The molecule has 0 radical (unpaired) electrons. The van der Waals surface area contributed by atoms with Crippen LogP contribution in [0.5, 0.6) is 0 Å². The Morgan fingerprint density at radius 2 is 2.05 bits per heavy atom. The summed E-state index contributed by atoms with van der Waals surface area (Å²) in [5.74, 6) is 1.40. The molecular formula is C17H25NO2. The van der Waals surface area contributed by atoms with Crippen molar-refractivity contribution in [3.8, 4) is 0 Å². The van der Waals surface area contributed by atoms with Crippen LogP contribution in [0.1, 0.15) is 31.4 Å². The van der Waals surface area contributed by atoms with Gasteiger partial charge in [0.15, 0.2) is 0 Å². The highest BCUT2D eigenvalue weighted by molar-refractivity contribution is 5.72. The molecular weight excluding hydrogens is 250 g/mol. The zero-order valence-electron chi connectivity index (χ0n) is 12.8. The fourth-order valence-electron chi connectivity index (χ4n) is 2.90. The summed E-state index contributed by atoms with van der Waals surface area (Å²) < 4.78 is 4.78. The van der Waals surface area contributed by atoms with Gasteiger partial charge < -0.3 is 4.74 Å². The van der Waals surface area contributed by atoms with Crippen LogP contribution in [0.25, 0.3) is 0 Å². The van der Waals surface area contributed by atoms with Gasteiger partial charge in [0, 0.05) is 13.1 Å². The van der Waals surface area contributed by atoms with E-state index in [9.17, 15) is 4.79 Å². The van der Waals surface area contributed by atoms with Gasteiger partial charge in [-0.1, -0.05) is 38.1 Å². The second-order valence-electron chi connectivity index (χ2n) is 6.05. The zero-order valence-corrected chi connectivity index (χ0v) is 12.8. The van der Waals surface area contributed by atoms with Crippen LogP contribution in [0.15, 0.2) is 24.3 Å². The van der Waals surface area contributed by atoms with Crippen molar-refractivity contribution in [1.82, 2.24) is 4.90 Å². The molecule has 20 heavy (non-hydrogen) atoms. The number of likely N-dealkylation sites (tertiary alicyclic amines) is 1. The molecule has 1 unspecified atom stereocenters. The second-order valence-corrected chi connectivity index (χ2v) is 6.05. The quantitative estimate of drug-likeness (QED) is 0.774. The summed E-state index contributed by atoms with van der Waals surface area (Å²) in [6.07, 6.45) is 1.66. The van der Waals surface area contributed by atoms with E-state index >= 15 is 0 Å². The van der Waals surface area contributed by atoms with Crippen LogP contribution in [-0.2, 0) is 22.5 Å². The lowest BCUT2D eigenvalue weighted by Gasteiger charge is -2.19. The average Bonchev–Trinajstić information content (AvgIpc) is 2.89. The van der Waals surface area contributed by atoms with E-state index in [2.05, 4.69) is 24.8 Å². The van der Waals surface area contributed by atoms with Crippen molar-refractivity contribution in [2.45, 2.75) is 33.2 Å². The van der Waals surface area contributed by atoms with Crippen molar-refractivity contribution < 1.29 is 9.53 Å². The van der Waals surface area contributed by atoms with E-state index in [0.717, 1.165) is 30.5 Å². The largest absolute Gasteiger partial charge is 0.469 e. The minimum atomic E-state index is -0.168. The lowest BCUT2D eigenvalue weighted by Crippen LogP contribution is -2.22. The third-order valence-corrected chi connectivity index (χ3v) is 4.33. The number of nitrogens with zero attached hydrogens (tertiary/aromatic N) is 1. The fourth-order valence-corrected chi connectivity index (χ4v) is 2.90. The van der Waals surface area contributed by atoms with Crippen LogP contribution in [-0.4, -0.2) is 31.1 Å². The predicted octanol–water partition coefficient (Wildman–Crippen LogP) is 2.88. The lowest BCUT2D eigenvalue weighted by atomic mass is 9.95. The number of carbonyl (C=O) groups excluding carboxylic acids is 1. The molecule has 0 amide bonds. The van der Waals surface area contributed by atoms with Gasteiger partial charge >= 0.3 is 5.97 Å². The summed E-state index contributed by atoms with van der Waals surface area (Å²) in [7, 11) is 1.44. The number of esters is 1. The standard InChI is InChI=1S/C17H25NO2/c1-13(2)15-8-9-18(11-15)12-16-7-5-4-6-14(16)10-17(19)20-3/h4-7,13,15H,8-12H2,1-3H3. The molecule has 1 aromatic rings. The van der Waals surface area contributed by atoms with Crippen molar-refractivity contribution in [2.24, 2.45) is 11.8 Å². The van der Waals surface area contributed by atoms with Crippen LogP contribution in [0.4, 0.5) is 0 Å². The van der Waals surface area contributed by atoms with E-state index in [4.69, 9.17) is 4.74 Å². The molecule has 0 saturated carbocycles. The Hall–Kier alpha value is -1.35. The summed E-state index contributed by atoms with van der Waals surface area (Å²) in [5, 5.41) is 0. The number of hydrogen-bond donors (Lipinski definition) is 0. The Morgan fingerprint density at radius 3 is 2.65 bits per heavy atom. The maximum Gasteiger partial charge on any atom is 0.309 e. The molecule has 3 nitrogen and oxygen atoms in total. The van der Waals surface area contributed by atoms with Crippen molar-refractivity contribution in [2.75, 3.05) is 20.2 Å². The van der Waals surface area contributed by atoms with Crippen LogP contribution < -0.4 is 0 Å². The molecule has 1 fully saturated rings. The Labute approximate surface area is 121 Å². The average molecular weight is 275 g/mol.